The van der Waals surface area contributed by atoms with Gasteiger partial charge >= 0.3 is 63.0 Å². The van der Waals surface area contributed by atoms with Crippen LogP contribution in [-0.4, -0.2) is 71.0 Å². The summed E-state index contributed by atoms with van der Waals surface area (Å²) in [5.74, 6) is -55.3. The number of halogens is 18. The van der Waals surface area contributed by atoms with E-state index in [1.807, 2.05) is 0 Å². The molecule has 24 heteroatoms. The molecule has 39 heavy (non-hydrogen) atoms. The summed E-state index contributed by atoms with van der Waals surface area (Å²) in [5, 5.41) is 0.639. The van der Waals surface area contributed by atoms with Crippen molar-refractivity contribution in [3.05, 3.63) is 11.3 Å². The van der Waals surface area contributed by atoms with E-state index in [1.165, 1.54) is 0 Å². The lowest BCUT2D eigenvalue weighted by atomic mass is 9.91. The van der Waals surface area contributed by atoms with Crippen LogP contribution in [0.1, 0.15) is 26.7 Å². The molecule has 1 N–H and O–H groups in total. The van der Waals surface area contributed by atoms with Gasteiger partial charge in [-0.05, 0) is 12.8 Å². The maximum atomic E-state index is 14.3. The summed E-state index contributed by atoms with van der Waals surface area (Å²) in [5.41, 5.74) is -3.61. The summed E-state index contributed by atoms with van der Waals surface area (Å²) in [6, 6.07) is 0. The first-order chi connectivity index (χ1) is 16.8. The minimum Gasteiger partial charge on any atom is -0.478 e. The number of hydrogen-bond donors (Lipinski definition) is 1. The number of carboxylic acids is 1. The SMILES string of the molecule is CCC(C(=O)O)=C(CC)N(F)S(=O)(=O)C(F)(F)C(F)(F)C(F)(F)C(F)(F)C(F)(F)C(F)(F)C(F)(F)C(F)(F)F. The molecule has 0 aromatic heterocycles. The molecule has 0 saturated heterocycles. The molecular weight excluding hydrogens is 632 g/mol. The summed E-state index contributed by atoms with van der Waals surface area (Å²) in [4.78, 5) is 11.0. The lowest BCUT2D eigenvalue weighted by Gasteiger charge is -2.42. The van der Waals surface area contributed by atoms with Crippen molar-refractivity contribution in [2.24, 2.45) is 0 Å². The first kappa shape index (κ1) is 36.7. The van der Waals surface area contributed by atoms with Crippen LogP contribution in [0.5, 0.6) is 0 Å². The third-order valence-electron chi connectivity index (χ3n) is 4.74. The number of aliphatic carboxylic acids is 1. The zero-order valence-corrected chi connectivity index (χ0v) is 19.1. The first-order valence-corrected chi connectivity index (χ1v) is 10.6. The van der Waals surface area contributed by atoms with Crippen LogP contribution in [0.3, 0.4) is 0 Å². The fraction of sp³-hybridized carbons (Fsp3) is 0.800. The van der Waals surface area contributed by atoms with Gasteiger partial charge in [-0.25, -0.2) is 4.79 Å². The number of sulfonamides is 1. The van der Waals surface area contributed by atoms with E-state index in [2.05, 4.69) is 0 Å². The standard InChI is InChI=1S/C15H11F18NO4S/c1-3-5(7(35)36)6(4-2)34(33)39(37,38)15(31,32)13(26,27)11(22,23)9(18,19)8(16,17)10(20,21)12(24,25)14(28,29)30/h3-4H2,1-2H3,(H,35,36). The van der Waals surface area contributed by atoms with Gasteiger partial charge < -0.3 is 5.11 Å². The molecule has 0 amide bonds. The topological polar surface area (TPSA) is 74.7 Å². The van der Waals surface area contributed by atoms with Crippen molar-refractivity contribution in [2.75, 3.05) is 0 Å². The Bertz CT molecular complexity index is 1080. The molecule has 0 aliphatic heterocycles. The normalized spacial score (nSPS) is 16.2. The van der Waals surface area contributed by atoms with E-state index in [1.54, 1.807) is 0 Å². The van der Waals surface area contributed by atoms with Crippen molar-refractivity contribution in [1.82, 2.24) is 4.53 Å². The quantitative estimate of drug-likeness (QED) is 0.147. The zero-order valence-electron chi connectivity index (χ0n) is 18.2. The average molecular weight is 643 g/mol. The Balaban J connectivity index is 7.28. The van der Waals surface area contributed by atoms with Crippen LogP contribution in [0.25, 0.3) is 0 Å². The van der Waals surface area contributed by atoms with Crippen molar-refractivity contribution < 1.29 is 97.4 Å². The summed E-state index contributed by atoms with van der Waals surface area (Å²) in [6.45, 7) is 1.26. The molecule has 0 radical (unpaired) electrons. The molecule has 0 unspecified atom stereocenters. The minimum absolute atomic E-state index is 0.526. The second-order valence-corrected chi connectivity index (χ2v) is 8.90. The average Bonchev–Trinajstić information content (AvgIpc) is 2.74. The number of carboxylic acid groups (broad SMARTS) is 1. The molecule has 0 rings (SSSR count). The number of hydrogen-bond acceptors (Lipinski definition) is 3. The van der Waals surface area contributed by atoms with Crippen LogP contribution in [0.2, 0.25) is 0 Å². The van der Waals surface area contributed by atoms with Crippen LogP contribution in [0.4, 0.5) is 79.1 Å². The van der Waals surface area contributed by atoms with Crippen molar-refractivity contribution in [3.63, 3.8) is 0 Å². The van der Waals surface area contributed by atoms with Gasteiger partial charge in [-0.2, -0.15) is 83.1 Å². The minimum atomic E-state index is -9.07. The summed E-state index contributed by atoms with van der Waals surface area (Å²) >= 11 is 0. The molecule has 232 valence electrons. The number of alkyl halides is 17. The van der Waals surface area contributed by atoms with E-state index in [0.29, 0.717) is 6.92 Å². The third-order valence-corrected chi connectivity index (χ3v) is 6.28. The predicted octanol–water partition coefficient (Wildman–Crippen LogP) is 6.63. The highest BCUT2D eigenvalue weighted by Gasteiger charge is 2.96. The van der Waals surface area contributed by atoms with Gasteiger partial charge in [0.1, 0.15) is 0 Å². The molecule has 0 spiro atoms. The van der Waals surface area contributed by atoms with Crippen molar-refractivity contribution in [3.8, 4) is 0 Å². The maximum absolute atomic E-state index is 14.3. The van der Waals surface area contributed by atoms with Crippen molar-refractivity contribution in [1.29, 1.82) is 0 Å². The van der Waals surface area contributed by atoms with E-state index < -0.39 is 91.6 Å². The van der Waals surface area contributed by atoms with E-state index in [-0.39, 0.29) is 0 Å². The zero-order chi connectivity index (χ0) is 32.2. The summed E-state index contributed by atoms with van der Waals surface area (Å²) in [7, 11) is -8.28. The highest BCUT2D eigenvalue weighted by Crippen LogP contribution is 2.64. The lowest BCUT2D eigenvalue weighted by Crippen LogP contribution is -2.75. The highest BCUT2D eigenvalue weighted by molar-refractivity contribution is 7.90. The van der Waals surface area contributed by atoms with Crippen molar-refractivity contribution >= 4 is 16.0 Å². The summed E-state index contributed by atoms with van der Waals surface area (Å²) < 4.78 is 261. The first-order valence-electron chi connectivity index (χ1n) is 9.12. The monoisotopic (exact) mass is 643 g/mol. The second kappa shape index (κ2) is 9.96. The Morgan fingerprint density at radius 1 is 0.615 bits per heavy atom. The van der Waals surface area contributed by atoms with Gasteiger partial charge in [0, 0.05) is 0 Å². The fourth-order valence-corrected chi connectivity index (χ4v) is 3.66. The fourth-order valence-electron chi connectivity index (χ4n) is 2.48. The number of allylic oxidation sites excluding steroid dienone is 1. The number of carbonyl (C=O) groups is 1. The summed E-state index contributed by atoms with van der Waals surface area (Å²) in [6.07, 6.45) is -10.4. The third kappa shape index (κ3) is 4.82. The molecule has 0 heterocycles. The molecule has 0 aromatic rings. The molecule has 0 bridgehead atoms. The number of nitrogens with zero attached hydrogens (tertiary/aromatic N) is 1. The Morgan fingerprint density at radius 2 is 0.923 bits per heavy atom. The van der Waals surface area contributed by atoms with Crippen LogP contribution in [0.15, 0.2) is 11.3 Å². The predicted molar refractivity (Wildman–Crippen MR) is 87.8 cm³/mol. The van der Waals surface area contributed by atoms with Gasteiger partial charge in [0.2, 0.25) is 0 Å². The van der Waals surface area contributed by atoms with E-state index >= 15 is 0 Å². The van der Waals surface area contributed by atoms with E-state index in [9.17, 15) is 92.3 Å². The Hall–Kier alpha value is -2.30. The molecular formula is C15H11F18NO4S. The number of rotatable bonds is 12. The Kier molecular flexibility index (Phi) is 9.37. The van der Waals surface area contributed by atoms with Crippen LogP contribution < -0.4 is 0 Å². The van der Waals surface area contributed by atoms with Crippen molar-refractivity contribution in [2.45, 2.75) is 73.7 Å². The van der Waals surface area contributed by atoms with Gasteiger partial charge in [0.15, 0.2) is 0 Å². The molecule has 0 atom stereocenters. The van der Waals surface area contributed by atoms with Crippen LogP contribution >= 0.6 is 0 Å². The smallest absolute Gasteiger partial charge is 0.460 e. The van der Waals surface area contributed by atoms with Gasteiger partial charge in [-0.1, -0.05) is 18.3 Å². The lowest BCUT2D eigenvalue weighted by molar-refractivity contribution is -0.458. The Labute approximate surface area is 204 Å². The van der Waals surface area contributed by atoms with Gasteiger partial charge in [0.05, 0.1) is 11.3 Å². The molecule has 0 fully saturated rings. The maximum Gasteiger partial charge on any atom is 0.460 e. The molecule has 0 aliphatic carbocycles. The van der Waals surface area contributed by atoms with Gasteiger partial charge in [-0.15, -0.1) is 4.53 Å². The largest absolute Gasteiger partial charge is 0.478 e. The van der Waals surface area contributed by atoms with Crippen LogP contribution in [-0.2, 0) is 14.8 Å². The second-order valence-electron chi connectivity index (χ2n) is 7.12. The van der Waals surface area contributed by atoms with Gasteiger partial charge in [0.25, 0.3) is 0 Å². The highest BCUT2D eigenvalue weighted by atomic mass is 32.2. The Morgan fingerprint density at radius 3 is 1.18 bits per heavy atom. The molecule has 0 aromatic carbocycles. The molecule has 0 saturated carbocycles. The van der Waals surface area contributed by atoms with E-state index in [0.717, 1.165) is 6.92 Å². The van der Waals surface area contributed by atoms with Gasteiger partial charge in [-0.3, -0.25) is 0 Å². The van der Waals surface area contributed by atoms with E-state index in [4.69, 9.17) is 5.11 Å². The molecule has 0 aliphatic rings. The van der Waals surface area contributed by atoms with Crippen LogP contribution in [0, 0.1) is 0 Å². The molecule has 5 nitrogen and oxygen atoms in total.